The van der Waals surface area contributed by atoms with Gasteiger partial charge in [-0.3, -0.25) is 0 Å². The second-order valence-corrected chi connectivity index (χ2v) is 4.31. The summed E-state index contributed by atoms with van der Waals surface area (Å²) in [5.41, 5.74) is -0.945. The number of alkyl halides is 3. The lowest BCUT2D eigenvalue weighted by Crippen LogP contribution is -2.05. The fraction of sp³-hybridized carbons (Fsp3) is 0.133. The number of hydrogen-bond donors (Lipinski definition) is 0. The van der Waals surface area contributed by atoms with Crippen molar-refractivity contribution in [3.05, 3.63) is 58.9 Å². The van der Waals surface area contributed by atoms with Gasteiger partial charge >= 0.3 is 6.18 Å². The summed E-state index contributed by atoms with van der Waals surface area (Å²) in [6.07, 6.45) is -4.56. The number of aryl methyl sites for hydroxylation is 1. The van der Waals surface area contributed by atoms with Crippen molar-refractivity contribution in [2.75, 3.05) is 0 Å². The zero-order valence-corrected chi connectivity index (χ0v) is 10.8. The minimum absolute atomic E-state index is 0.130. The summed E-state index contributed by atoms with van der Waals surface area (Å²) in [4.78, 5) is 0. The summed E-state index contributed by atoms with van der Waals surface area (Å²) in [5.74, 6) is -0.900. The molecule has 0 radical (unpaired) electrons. The summed E-state index contributed by atoms with van der Waals surface area (Å²) in [7, 11) is 0. The Hall–Kier alpha value is -2.55. The number of ether oxygens (including phenoxy) is 1. The van der Waals surface area contributed by atoms with Gasteiger partial charge in [0.15, 0.2) is 11.6 Å². The summed E-state index contributed by atoms with van der Waals surface area (Å²) in [5, 5.41) is 8.92. The van der Waals surface area contributed by atoms with Crippen LogP contribution in [0.15, 0.2) is 36.4 Å². The van der Waals surface area contributed by atoms with Crippen LogP contribution in [0.1, 0.15) is 16.7 Å². The van der Waals surface area contributed by atoms with Crippen LogP contribution in [0.25, 0.3) is 0 Å². The van der Waals surface area contributed by atoms with Gasteiger partial charge in [-0.05, 0) is 36.8 Å². The van der Waals surface area contributed by atoms with Crippen molar-refractivity contribution >= 4 is 0 Å². The molecule has 0 atom stereocenters. The summed E-state index contributed by atoms with van der Waals surface area (Å²) >= 11 is 0. The Bertz CT molecular complexity index is 717. The van der Waals surface area contributed by atoms with Crippen LogP contribution < -0.4 is 4.74 Å². The molecule has 2 nitrogen and oxygen atoms in total. The molecule has 2 aromatic rings. The second-order valence-electron chi connectivity index (χ2n) is 4.31. The first-order valence-corrected chi connectivity index (χ1v) is 5.87. The second kappa shape index (κ2) is 5.44. The Morgan fingerprint density at radius 2 is 1.81 bits per heavy atom. The van der Waals surface area contributed by atoms with E-state index in [9.17, 15) is 17.6 Å². The summed E-state index contributed by atoms with van der Waals surface area (Å²) in [6.45, 7) is 1.53. The zero-order chi connectivity index (χ0) is 15.6. The molecular formula is C15H9F4NO. The van der Waals surface area contributed by atoms with Gasteiger partial charge in [0.1, 0.15) is 11.8 Å². The van der Waals surface area contributed by atoms with Gasteiger partial charge in [0, 0.05) is 0 Å². The van der Waals surface area contributed by atoms with Crippen molar-refractivity contribution in [1.29, 1.82) is 5.26 Å². The predicted octanol–water partition coefficient (Wildman–Crippen LogP) is 4.82. The molecule has 0 aliphatic carbocycles. The number of nitriles is 1. The Kier molecular flexibility index (Phi) is 3.85. The first kappa shape index (κ1) is 14.9. The molecule has 6 heteroatoms. The Morgan fingerprint density at radius 3 is 2.43 bits per heavy atom. The minimum Gasteiger partial charge on any atom is -0.453 e. The van der Waals surface area contributed by atoms with E-state index in [0.29, 0.717) is 11.6 Å². The maximum absolute atomic E-state index is 13.8. The molecule has 2 rings (SSSR count). The zero-order valence-electron chi connectivity index (χ0n) is 10.8. The highest BCUT2D eigenvalue weighted by atomic mass is 19.4. The number of hydrogen-bond acceptors (Lipinski definition) is 2. The van der Waals surface area contributed by atoms with Crippen LogP contribution in [0.2, 0.25) is 0 Å². The van der Waals surface area contributed by atoms with Gasteiger partial charge < -0.3 is 4.74 Å². The van der Waals surface area contributed by atoms with Gasteiger partial charge in [-0.2, -0.15) is 18.4 Å². The highest BCUT2D eigenvalue weighted by Crippen LogP contribution is 2.34. The normalized spacial score (nSPS) is 11.0. The van der Waals surface area contributed by atoms with E-state index < -0.39 is 17.6 Å². The third kappa shape index (κ3) is 3.14. The van der Waals surface area contributed by atoms with E-state index in [1.165, 1.54) is 19.1 Å². The molecule has 21 heavy (non-hydrogen) atoms. The highest BCUT2D eigenvalue weighted by Gasteiger charge is 2.31. The molecule has 0 N–H and O–H groups in total. The van der Waals surface area contributed by atoms with Crippen LogP contribution in [0.5, 0.6) is 11.5 Å². The van der Waals surface area contributed by atoms with E-state index in [4.69, 9.17) is 10.00 Å². The average molecular weight is 295 g/mol. The van der Waals surface area contributed by atoms with E-state index in [1.54, 1.807) is 12.1 Å². The third-order valence-electron chi connectivity index (χ3n) is 2.80. The fourth-order valence-electron chi connectivity index (χ4n) is 1.70. The van der Waals surface area contributed by atoms with Crippen molar-refractivity contribution in [3.63, 3.8) is 0 Å². The number of nitrogens with zero attached hydrogens (tertiary/aromatic N) is 1. The molecular weight excluding hydrogens is 286 g/mol. The molecule has 0 fully saturated rings. The first-order chi connectivity index (χ1) is 9.82. The van der Waals surface area contributed by atoms with Crippen LogP contribution >= 0.6 is 0 Å². The maximum Gasteiger partial charge on any atom is 0.416 e. The lowest BCUT2D eigenvalue weighted by atomic mass is 10.1. The molecule has 0 heterocycles. The Labute approximate surface area is 118 Å². The van der Waals surface area contributed by atoms with Crippen molar-refractivity contribution in [2.45, 2.75) is 13.1 Å². The number of rotatable bonds is 2. The van der Waals surface area contributed by atoms with Crippen molar-refractivity contribution in [2.24, 2.45) is 0 Å². The summed E-state index contributed by atoms with van der Waals surface area (Å²) < 4.78 is 56.7. The van der Waals surface area contributed by atoms with Crippen LogP contribution in [0, 0.1) is 24.1 Å². The smallest absolute Gasteiger partial charge is 0.416 e. The quantitative estimate of drug-likeness (QED) is 0.744. The molecule has 0 spiro atoms. The van der Waals surface area contributed by atoms with Crippen molar-refractivity contribution in [1.82, 2.24) is 0 Å². The highest BCUT2D eigenvalue weighted by molar-refractivity contribution is 5.48. The van der Waals surface area contributed by atoms with E-state index in [2.05, 4.69) is 0 Å². The van der Waals surface area contributed by atoms with Gasteiger partial charge in [0.2, 0.25) is 0 Å². The van der Waals surface area contributed by atoms with Gasteiger partial charge in [0.25, 0.3) is 0 Å². The Balaban J connectivity index is 2.42. The van der Waals surface area contributed by atoms with E-state index in [1.807, 2.05) is 0 Å². The van der Waals surface area contributed by atoms with Crippen LogP contribution in [0.4, 0.5) is 17.6 Å². The first-order valence-electron chi connectivity index (χ1n) is 5.87. The van der Waals surface area contributed by atoms with E-state index >= 15 is 0 Å². The van der Waals surface area contributed by atoms with Gasteiger partial charge in [-0.25, -0.2) is 4.39 Å². The molecule has 0 aromatic heterocycles. The SMILES string of the molecule is Cc1cccc(Oc2ccc(C(F)(F)F)cc2C#N)c1F. The lowest BCUT2D eigenvalue weighted by molar-refractivity contribution is -0.137. The topological polar surface area (TPSA) is 33.0 Å². The Morgan fingerprint density at radius 1 is 1.10 bits per heavy atom. The molecule has 0 aliphatic rings. The average Bonchev–Trinajstić information content (AvgIpc) is 2.43. The van der Waals surface area contributed by atoms with Gasteiger partial charge in [-0.1, -0.05) is 12.1 Å². The van der Waals surface area contributed by atoms with Crippen molar-refractivity contribution < 1.29 is 22.3 Å². The molecule has 108 valence electrons. The maximum atomic E-state index is 13.8. The van der Waals surface area contributed by atoms with Crippen LogP contribution in [0.3, 0.4) is 0 Å². The van der Waals surface area contributed by atoms with Gasteiger partial charge in [0.05, 0.1) is 11.1 Å². The van der Waals surface area contributed by atoms with E-state index in [-0.39, 0.29) is 17.1 Å². The van der Waals surface area contributed by atoms with Gasteiger partial charge in [-0.15, -0.1) is 0 Å². The molecule has 0 saturated heterocycles. The monoisotopic (exact) mass is 295 g/mol. The molecule has 0 amide bonds. The summed E-state index contributed by atoms with van der Waals surface area (Å²) in [6, 6.07) is 8.48. The molecule has 2 aromatic carbocycles. The van der Waals surface area contributed by atoms with E-state index in [0.717, 1.165) is 12.1 Å². The third-order valence-corrected chi connectivity index (χ3v) is 2.80. The number of halogens is 4. The lowest BCUT2D eigenvalue weighted by Gasteiger charge is -2.12. The largest absolute Gasteiger partial charge is 0.453 e. The molecule has 0 aliphatic heterocycles. The van der Waals surface area contributed by atoms with Crippen LogP contribution in [-0.4, -0.2) is 0 Å². The molecule has 0 saturated carbocycles. The predicted molar refractivity (Wildman–Crippen MR) is 67.4 cm³/mol. The minimum atomic E-state index is -4.56. The standard InChI is InChI=1S/C15H9F4NO/c1-9-3-2-4-13(14(9)16)21-12-6-5-11(15(17,18)19)7-10(12)8-20/h2-7H,1H3. The fourth-order valence-corrected chi connectivity index (χ4v) is 1.70. The number of benzene rings is 2. The molecule has 0 unspecified atom stereocenters. The molecule has 0 bridgehead atoms. The van der Waals surface area contributed by atoms with Crippen LogP contribution in [-0.2, 0) is 6.18 Å². The van der Waals surface area contributed by atoms with Crippen molar-refractivity contribution in [3.8, 4) is 17.6 Å².